The van der Waals surface area contributed by atoms with Crippen LogP contribution in [0, 0.1) is 6.92 Å². The largest absolute Gasteiger partial charge is 0.410 e. The highest BCUT2D eigenvalue weighted by atomic mass is 32.2. The first-order valence-electron chi connectivity index (χ1n) is 6.42. The number of hydrogen-bond acceptors (Lipinski definition) is 5. The number of benzene rings is 2. The first-order chi connectivity index (χ1) is 10.5. The Morgan fingerprint density at radius 3 is 2.32 bits per heavy atom. The lowest BCUT2D eigenvalue weighted by Crippen LogP contribution is -2.19. The molecule has 2 aromatic carbocycles. The van der Waals surface area contributed by atoms with Crippen LogP contribution < -0.4 is 4.83 Å². The molecule has 0 aliphatic carbocycles. The molecule has 0 bridgehead atoms. The summed E-state index contributed by atoms with van der Waals surface area (Å²) in [5.74, 6) is 0. The van der Waals surface area contributed by atoms with Crippen molar-refractivity contribution in [1.29, 1.82) is 0 Å². The molecule has 2 rings (SSSR count). The lowest BCUT2D eigenvalue weighted by Gasteiger charge is -2.03. The molecular weight excluding hydrogens is 302 g/mol. The molecule has 0 saturated heterocycles. The van der Waals surface area contributed by atoms with Gasteiger partial charge >= 0.3 is 0 Å². The van der Waals surface area contributed by atoms with Gasteiger partial charge in [-0.3, -0.25) is 0 Å². The van der Waals surface area contributed by atoms with Gasteiger partial charge in [-0.1, -0.05) is 53.2 Å². The summed E-state index contributed by atoms with van der Waals surface area (Å²) in [4.78, 5) is 2.19. The van der Waals surface area contributed by atoms with E-state index in [1.165, 1.54) is 12.1 Å². The monoisotopic (exact) mass is 317 g/mol. The van der Waals surface area contributed by atoms with Crippen LogP contribution in [-0.4, -0.2) is 25.6 Å². The minimum Gasteiger partial charge on any atom is -0.410 e. The predicted octanol–water partition coefficient (Wildman–Crippen LogP) is 2.14. The van der Waals surface area contributed by atoms with Crippen molar-refractivity contribution in [3.8, 4) is 0 Å². The van der Waals surface area contributed by atoms with Crippen LogP contribution in [0.15, 0.2) is 69.7 Å². The molecule has 0 fully saturated rings. The van der Waals surface area contributed by atoms with Crippen LogP contribution in [0.2, 0.25) is 0 Å². The van der Waals surface area contributed by atoms with E-state index in [2.05, 4.69) is 15.1 Å². The third kappa shape index (κ3) is 3.92. The number of nitrogens with one attached hydrogen (secondary N) is 1. The van der Waals surface area contributed by atoms with Crippen LogP contribution in [-0.2, 0) is 10.0 Å². The predicted molar refractivity (Wildman–Crippen MR) is 84.8 cm³/mol. The Morgan fingerprint density at radius 2 is 1.73 bits per heavy atom. The standard InChI is InChI=1S/C15H15N3O3S/c1-12-7-9-14(10-8-12)22(20,21)18-16-11-15(17-19)13-5-3-2-4-6-13/h2-11,18-19H,1H3/b16-11+,17-15+. The van der Waals surface area contributed by atoms with Gasteiger partial charge in [0.2, 0.25) is 0 Å². The zero-order chi connectivity index (χ0) is 16.0. The normalized spacial score (nSPS) is 12.5. The number of hydrazone groups is 1. The molecule has 0 aliphatic heterocycles. The number of rotatable bonds is 5. The number of hydrogen-bond donors (Lipinski definition) is 2. The van der Waals surface area contributed by atoms with Crippen LogP contribution in [0.1, 0.15) is 11.1 Å². The minimum absolute atomic E-state index is 0.109. The molecule has 0 saturated carbocycles. The van der Waals surface area contributed by atoms with Gasteiger partial charge < -0.3 is 5.21 Å². The second-order valence-electron chi connectivity index (χ2n) is 4.52. The molecule has 0 amide bonds. The maximum Gasteiger partial charge on any atom is 0.276 e. The fourth-order valence-corrected chi connectivity index (χ4v) is 2.49. The van der Waals surface area contributed by atoms with Crippen LogP contribution >= 0.6 is 0 Å². The van der Waals surface area contributed by atoms with Crippen molar-refractivity contribution in [2.75, 3.05) is 0 Å². The SMILES string of the molecule is Cc1ccc(S(=O)(=O)N/N=C/C(=N\O)c2ccccc2)cc1. The third-order valence-electron chi connectivity index (χ3n) is 2.87. The van der Waals surface area contributed by atoms with Crippen molar-refractivity contribution in [3.05, 3.63) is 65.7 Å². The minimum atomic E-state index is -3.75. The summed E-state index contributed by atoms with van der Waals surface area (Å²) in [5, 5.41) is 15.7. The molecule has 0 radical (unpaired) electrons. The Balaban J connectivity index is 2.12. The number of sulfonamides is 1. The number of aryl methyl sites for hydroxylation is 1. The maximum absolute atomic E-state index is 12.0. The molecule has 2 aromatic rings. The van der Waals surface area contributed by atoms with Gasteiger partial charge in [0.15, 0.2) is 0 Å². The lowest BCUT2D eigenvalue weighted by atomic mass is 10.1. The topological polar surface area (TPSA) is 91.1 Å². The summed E-state index contributed by atoms with van der Waals surface area (Å²) in [5.41, 5.74) is 1.72. The van der Waals surface area contributed by atoms with Gasteiger partial charge in [-0.05, 0) is 19.1 Å². The summed E-state index contributed by atoms with van der Waals surface area (Å²) >= 11 is 0. The number of nitrogens with zero attached hydrogens (tertiary/aromatic N) is 2. The molecule has 0 atom stereocenters. The van der Waals surface area contributed by atoms with E-state index in [1.807, 2.05) is 13.0 Å². The zero-order valence-electron chi connectivity index (χ0n) is 11.8. The first-order valence-corrected chi connectivity index (χ1v) is 7.90. The van der Waals surface area contributed by atoms with Crippen LogP contribution in [0.3, 0.4) is 0 Å². The van der Waals surface area contributed by atoms with Gasteiger partial charge in [0.05, 0.1) is 11.1 Å². The highest BCUT2D eigenvalue weighted by molar-refractivity contribution is 7.89. The highest BCUT2D eigenvalue weighted by Gasteiger charge is 2.12. The van der Waals surface area contributed by atoms with E-state index in [-0.39, 0.29) is 10.6 Å². The molecule has 2 N–H and O–H groups in total. The van der Waals surface area contributed by atoms with Gasteiger partial charge in [0, 0.05) is 5.56 Å². The van der Waals surface area contributed by atoms with Crippen molar-refractivity contribution in [2.45, 2.75) is 11.8 Å². The molecule has 22 heavy (non-hydrogen) atoms. The van der Waals surface area contributed by atoms with Gasteiger partial charge in [-0.15, -0.1) is 0 Å². The van der Waals surface area contributed by atoms with Crippen LogP contribution in [0.25, 0.3) is 0 Å². The maximum atomic E-state index is 12.0. The van der Waals surface area contributed by atoms with Crippen molar-refractivity contribution in [1.82, 2.24) is 4.83 Å². The van der Waals surface area contributed by atoms with Gasteiger partial charge in [0.25, 0.3) is 10.0 Å². The molecule has 7 heteroatoms. The smallest absolute Gasteiger partial charge is 0.276 e. The van der Waals surface area contributed by atoms with Crippen LogP contribution in [0.5, 0.6) is 0 Å². The average Bonchev–Trinajstić information content (AvgIpc) is 2.53. The lowest BCUT2D eigenvalue weighted by molar-refractivity contribution is 0.320. The molecule has 0 spiro atoms. The summed E-state index contributed by atoms with van der Waals surface area (Å²) in [6.07, 6.45) is 1.14. The zero-order valence-corrected chi connectivity index (χ0v) is 12.7. The van der Waals surface area contributed by atoms with Gasteiger partial charge in [-0.25, -0.2) is 4.83 Å². The Labute approximate surface area is 128 Å². The van der Waals surface area contributed by atoms with Crippen molar-refractivity contribution >= 4 is 21.9 Å². The van der Waals surface area contributed by atoms with Crippen LogP contribution in [0.4, 0.5) is 0 Å². The Bertz CT molecular complexity index is 783. The van der Waals surface area contributed by atoms with E-state index < -0.39 is 10.0 Å². The van der Waals surface area contributed by atoms with E-state index in [1.54, 1.807) is 36.4 Å². The van der Waals surface area contributed by atoms with E-state index in [0.29, 0.717) is 5.56 Å². The second kappa shape index (κ2) is 6.86. The molecule has 0 unspecified atom stereocenters. The van der Waals surface area contributed by atoms with E-state index in [4.69, 9.17) is 5.21 Å². The number of oxime groups is 1. The molecular formula is C15H15N3O3S. The quantitative estimate of drug-likeness (QED) is 0.503. The van der Waals surface area contributed by atoms with E-state index in [9.17, 15) is 8.42 Å². The molecule has 6 nitrogen and oxygen atoms in total. The van der Waals surface area contributed by atoms with Crippen molar-refractivity contribution in [2.24, 2.45) is 10.3 Å². The second-order valence-corrected chi connectivity index (χ2v) is 6.18. The third-order valence-corrected chi connectivity index (χ3v) is 4.11. The average molecular weight is 317 g/mol. The summed E-state index contributed by atoms with van der Waals surface area (Å²) in [6.45, 7) is 1.87. The first kappa shape index (κ1) is 15.7. The summed E-state index contributed by atoms with van der Waals surface area (Å²) < 4.78 is 24.0. The Morgan fingerprint density at radius 1 is 1.09 bits per heavy atom. The van der Waals surface area contributed by atoms with Crippen molar-refractivity contribution in [3.63, 3.8) is 0 Å². The highest BCUT2D eigenvalue weighted by Crippen LogP contribution is 2.09. The van der Waals surface area contributed by atoms with Gasteiger partial charge in [0.1, 0.15) is 5.71 Å². The summed E-state index contributed by atoms with van der Waals surface area (Å²) in [7, 11) is -3.75. The summed E-state index contributed by atoms with van der Waals surface area (Å²) in [6, 6.07) is 15.2. The fraction of sp³-hybridized carbons (Fsp3) is 0.0667. The van der Waals surface area contributed by atoms with Gasteiger partial charge in [-0.2, -0.15) is 13.5 Å². The molecule has 0 aliphatic rings. The fourth-order valence-electron chi connectivity index (χ4n) is 1.69. The van der Waals surface area contributed by atoms with E-state index in [0.717, 1.165) is 11.8 Å². The Hall–Kier alpha value is -2.67. The van der Waals surface area contributed by atoms with E-state index >= 15 is 0 Å². The van der Waals surface area contributed by atoms with Crippen molar-refractivity contribution < 1.29 is 13.6 Å². The molecule has 114 valence electrons. The molecule has 0 aromatic heterocycles. The Kier molecular flexibility index (Phi) is 4.90. The molecule has 0 heterocycles.